The first-order valence-electron chi connectivity index (χ1n) is 7.21. The molecule has 1 atom stereocenters. The number of hydrogen-bond acceptors (Lipinski definition) is 2. The van der Waals surface area contributed by atoms with Crippen molar-refractivity contribution in [3.05, 3.63) is 29.8 Å². The molecule has 1 aromatic carbocycles. The van der Waals surface area contributed by atoms with E-state index in [-0.39, 0.29) is 0 Å². The average Bonchev–Trinajstić information content (AvgIpc) is 2.66. The van der Waals surface area contributed by atoms with Crippen LogP contribution in [0.15, 0.2) is 29.2 Å². The van der Waals surface area contributed by atoms with Crippen molar-refractivity contribution in [1.82, 2.24) is 0 Å². The molecule has 2 heteroatoms. The second-order valence-corrected chi connectivity index (χ2v) is 6.55. The third-order valence-corrected chi connectivity index (χ3v) is 5.35. The number of rotatable bonds is 4. The fourth-order valence-electron chi connectivity index (χ4n) is 2.78. The zero-order valence-corrected chi connectivity index (χ0v) is 12.2. The van der Waals surface area contributed by atoms with Gasteiger partial charge in [-0.15, -0.1) is 11.8 Å². The molecule has 0 aromatic heterocycles. The first-order chi connectivity index (χ1) is 8.77. The van der Waals surface area contributed by atoms with Gasteiger partial charge >= 0.3 is 0 Å². The Morgan fingerprint density at radius 2 is 1.83 bits per heavy atom. The van der Waals surface area contributed by atoms with Crippen LogP contribution < -0.4 is 5.73 Å². The zero-order chi connectivity index (χ0) is 12.8. The van der Waals surface area contributed by atoms with E-state index in [0.717, 1.165) is 11.7 Å². The van der Waals surface area contributed by atoms with Gasteiger partial charge in [0.1, 0.15) is 0 Å². The largest absolute Gasteiger partial charge is 0.327 e. The van der Waals surface area contributed by atoms with Gasteiger partial charge in [-0.3, -0.25) is 0 Å². The first kappa shape index (κ1) is 14.0. The SMILES string of the molecule is Cc1ccccc1SCC(N)C1CCCCCC1. The third kappa shape index (κ3) is 4.03. The Labute approximate surface area is 116 Å². The Balaban J connectivity index is 1.83. The topological polar surface area (TPSA) is 26.0 Å². The maximum atomic E-state index is 6.39. The number of nitrogens with two attached hydrogens (primary N) is 1. The van der Waals surface area contributed by atoms with E-state index < -0.39 is 0 Å². The van der Waals surface area contributed by atoms with Crippen LogP contribution in [0.5, 0.6) is 0 Å². The molecule has 1 saturated carbocycles. The molecule has 0 spiro atoms. The van der Waals surface area contributed by atoms with Crippen LogP contribution in [-0.2, 0) is 0 Å². The van der Waals surface area contributed by atoms with Crippen LogP contribution in [0.25, 0.3) is 0 Å². The molecule has 0 amide bonds. The summed E-state index contributed by atoms with van der Waals surface area (Å²) in [5.41, 5.74) is 7.77. The van der Waals surface area contributed by atoms with E-state index in [0.29, 0.717) is 6.04 Å². The van der Waals surface area contributed by atoms with Crippen molar-refractivity contribution in [2.24, 2.45) is 11.7 Å². The second-order valence-electron chi connectivity index (χ2n) is 5.49. The van der Waals surface area contributed by atoms with Crippen molar-refractivity contribution in [1.29, 1.82) is 0 Å². The van der Waals surface area contributed by atoms with Crippen molar-refractivity contribution < 1.29 is 0 Å². The van der Waals surface area contributed by atoms with Crippen LogP contribution in [0.2, 0.25) is 0 Å². The van der Waals surface area contributed by atoms with Crippen molar-refractivity contribution in [3.8, 4) is 0 Å². The average molecular weight is 263 g/mol. The first-order valence-corrected chi connectivity index (χ1v) is 8.20. The summed E-state index contributed by atoms with van der Waals surface area (Å²) in [7, 11) is 0. The molecule has 2 N–H and O–H groups in total. The van der Waals surface area contributed by atoms with E-state index in [9.17, 15) is 0 Å². The lowest BCUT2D eigenvalue weighted by molar-refractivity contribution is 0.397. The van der Waals surface area contributed by atoms with Crippen LogP contribution in [0.4, 0.5) is 0 Å². The monoisotopic (exact) mass is 263 g/mol. The highest BCUT2D eigenvalue weighted by Crippen LogP contribution is 2.29. The minimum Gasteiger partial charge on any atom is -0.327 e. The predicted octanol–water partition coefficient (Wildman–Crippen LogP) is 4.38. The van der Waals surface area contributed by atoms with Gasteiger partial charge in [-0.25, -0.2) is 0 Å². The van der Waals surface area contributed by atoms with Crippen molar-refractivity contribution in [3.63, 3.8) is 0 Å². The molecular weight excluding hydrogens is 238 g/mol. The Morgan fingerprint density at radius 3 is 2.50 bits per heavy atom. The maximum Gasteiger partial charge on any atom is 0.0162 e. The van der Waals surface area contributed by atoms with Crippen LogP contribution in [0.1, 0.15) is 44.1 Å². The van der Waals surface area contributed by atoms with E-state index in [4.69, 9.17) is 5.73 Å². The van der Waals surface area contributed by atoms with Gasteiger partial charge in [0.2, 0.25) is 0 Å². The summed E-state index contributed by atoms with van der Waals surface area (Å²) in [6.07, 6.45) is 8.27. The highest BCUT2D eigenvalue weighted by molar-refractivity contribution is 7.99. The van der Waals surface area contributed by atoms with Gasteiger partial charge < -0.3 is 5.73 Å². The van der Waals surface area contributed by atoms with Crippen LogP contribution in [0, 0.1) is 12.8 Å². The van der Waals surface area contributed by atoms with E-state index in [2.05, 4.69) is 31.2 Å². The number of hydrogen-bond donors (Lipinski definition) is 1. The molecule has 0 aliphatic heterocycles. The Kier molecular flexibility index (Phi) is 5.58. The third-order valence-electron chi connectivity index (χ3n) is 4.03. The number of aryl methyl sites for hydroxylation is 1. The summed E-state index contributed by atoms with van der Waals surface area (Å²) in [6, 6.07) is 8.98. The molecule has 1 aliphatic rings. The summed E-state index contributed by atoms with van der Waals surface area (Å²) in [5.74, 6) is 1.82. The normalized spacial score (nSPS) is 19.4. The molecule has 1 aliphatic carbocycles. The highest BCUT2D eigenvalue weighted by Gasteiger charge is 2.19. The second kappa shape index (κ2) is 7.20. The van der Waals surface area contributed by atoms with Gasteiger partial charge in [-0.2, -0.15) is 0 Å². The molecule has 1 unspecified atom stereocenters. The Bertz CT molecular complexity index is 356. The fraction of sp³-hybridized carbons (Fsp3) is 0.625. The van der Waals surface area contributed by atoms with E-state index in [1.165, 1.54) is 49.0 Å². The lowest BCUT2D eigenvalue weighted by Crippen LogP contribution is -2.32. The van der Waals surface area contributed by atoms with Gasteiger partial charge in [0, 0.05) is 16.7 Å². The lowest BCUT2D eigenvalue weighted by Gasteiger charge is -2.22. The van der Waals surface area contributed by atoms with Gasteiger partial charge in [-0.1, -0.05) is 43.9 Å². The summed E-state index contributed by atoms with van der Waals surface area (Å²) in [4.78, 5) is 1.39. The lowest BCUT2D eigenvalue weighted by atomic mass is 9.94. The predicted molar refractivity (Wildman–Crippen MR) is 81.1 cm³/mol. The minimum atomic E-state index is 0.368. The maximum absolute atomic E-state index is 6.39. The molecule has 0 bridgehead atoms. The summed E-state index contributed by atoms with van der Waals surface area (Å²) in [5, 5.41) is 0. The Morgan fingerprint density at radius 1 is 1.17 bits per heavy atom. The van der Waals surface area contributed by atoms with Gasteiger partial charge in [0.25, 0.3) is 0 Å². The zero-order valence-electron chi connectivity index (χ0n) is 11.4. The molecule has 1 aromatic rings. The molecule has 2 rings (SSSR count). The summed E-state index contributed by atoms with van der Waals surface area (Å²) in [6.45, 7) is 2.18. The highest BCUT2D eigenvalue weighted by atomic mass is 32.2. The number of thioether (sulfide) groups is 1. The fourth-order valence-corrected chi connectivity index (χ4v) is 3.89. The molecule has 1 fully saturated rings. The number of benzene rings is 1. The molecule has 1 nitrogen and oxygen atoms in total. The van der Waals surface area contributed by atoms with Crippen LogP contribution in [0.3, 0.4) is 0 Å². The molecular formula is C16H25NS. The van der Waals surface area contributed by atoms with Crippen molar-refractivity contribution in [2.75, 3.05) is 5.75 Å². The van der Waals surface area contributed by atoms with E-state index >= 15 is 0 Å². The van der Waals surface area contributed by atoms with Crippen LogP contribution in [-0.4, -0.2) is 11.8 Å². The summed E-state index contributed by atoms with van der Waals surface area (Å²) >= 11 is 1.93. The minimum absolute atomic E-state index is 0.368. The van der Waals surface area contributed by atoms with Crippen molar-refractivity contribution in [2.45, 2.75) is 56.4 Å². The van der Waals surface area contributed by atoms with Crippen LogP contribution >= 0.6 is 11.8 Å². The molecule has 100 valence electrons. The van der Waals surface area contributed by atoms with E-state index in [1.54, 1.807) is 0 Å². The standard InChI is InChI=1S/C16H25NS/c1-13-8-6-7-11-16(13)18-12-15(17)14-9-4-2-3-5-10-14/h6-8,11,14-15H,2-5,9-10,12,17H2,1H3. The summed E-state index contributed by atoms with van der Waals surface area (Å²) < 4.78 is 0. The quantitative estimate of drug-likeness (QED) is 0.644. The Hall–Kier alpha value is -0.470. The molecule has 0 saturated heterocycles. The van der Waals surface area contributed by atoms with Crippen molar-refractivity contribution >= 4 is 11.8 Å². The van der Waals surface area contributed by atoms with Gasteiger partial charge in [0.05, 0.1) is 0 Å². The van der Waals surface area contributed by atoms with E-state index in [1.807, 2.05) is 11.8 Å². The molecule has 0 radical (unpaired) electrons. The van der Waals surface area contributed by atoms with Gasteiger partial charge in [0.15, 0.2) is 0 Å². The molecule has 18 heavy (non-hydrogen) atoms. The molecule has 0 heterocycles. The smallest absolute Gasteiger partial charge is 0.0162 e. The van der Waals surface area contributed by atoms with Gasteiger partial charge in [-0.05, 0) is 37.3 Å².